The van der Waals surface area contributed by atoms with E-state index >= 15 is 0 Å². The highest BCUT2D eigenvalue weighted by atomic mass is 35.5. The monoisotopic (exact) mass is 673 g/mol. The summed E-state index contributed by atoms with van der Waals surface area (Å²) in [7, 11) is -4.18. The Morgan fingerprint density at radius 1 is 0.809 bits per heavy atom. The van der Waals surface area contributed by atoms with Crippen LogP contribution in [-0.4, -0.2) is 43.3 Å². The van der Waals surface area contributed by atoms with E-state index in [9.17, 15) is 18.0 Å². The number of rotatable bonds is 12. The van der Waals surface area contributed by atoms with Gasteiger partial charge in [-0.1, -0.05) is 97.7 Å². The number of hydrogen-bond acceptors (Lipinski definition) is 4. The van der Waals surface area contributed by atoms with Crippen LogP contribution in [0.25, 0.3) is 0 Å². The van der Waals surface area contributed by atoms with Crippen molar-refractivity contribution in [3.05, 3.63) is 130 Å². The number of nitrogens with zero attached hydrogens (tertiary/aromatic N) is 2. The molecule has 4 aromatic rings. The maximum absolute atomic E-state index is 14.6. The molecule has 0 bridgehead atoms. The predicted octanol–water partition coefficient (Wildman–Crippen LogP) is 7.52. The minimum Gasteiger partial charge on any atom is -0.350 e. The molecule has 0 unspecified atom stereocenters. The number of carbonyl (C=O) groups excluding carboxylic acids is 2. The summed E-state index contributed by atoms with van der Waals surface area (Å²) in [6, 6.07) is 29.4. The first-order chi connectivity index (χ1) is 22.1. The maximum Gasteiger partial charge on any atom is 0.264 e. The summed E-state index contributed by atoms with van der Waals surface area (Å²) in [5, 5.41) is 3.59. The first-order valence-electron chi connectivity index (χ1n) is 15.7. The average Bonchev–Trinajstić information content (AvgIpc) is 3.02. The van der Waals surface area contributed by atoms with Gasteiger partial charge in [-0.25, -0.2) is 8.42 Å². The zero-order valence-corrected chi connectivity index (χ0v) is 29.5. The largest absolute Gasteiger partial charge is 0.350 e. The van der Waals surface area contributed by atoms with Gasteiger partial charge in [0.2, 0.25) is 11.8 Å². The quantitative estimate of drug-likeness (QED) is 0.169. The highest BCUT2D eigenvalue weighted by Crippen LogP contribution is 2.27. The molecule has 0 heterocycles. The van der Waals surface area contributed by atoms with Gasteiger partial charge in [0.05, 0.1) is 10.6 Å². The summed E-state index contributed by atoms with van der Waals surface area (Å²) >= 11 is 6.17. The fraction of sp³-hybridized carbons (Fsp3) is 0.316. The number of amides is 2. The van der Waals surface area contributed by atoms with E-state index in [1.165, 1.54) is 4.90 Å². The predicted molar refractivity (Wildman–Crippen MR) is 190 cm³/mol. The molecule has 0 radical (unpaired) electrons. The Balaban J connectivity index is 1.82. The SMILES string of the molecule is Cc1ccc(S(=O)(=O)N(CC(=O)N(Cc2ccc(Cl)cc2)[C@H](Cc2ccccc2)C(=O)NC(C)(C)C)c2ccc(C(C)C)cc2)cc1. The van der Waals surface area contributed by atoms with Crippen LogP contribution in [-0.2, 0) is 32.6 Å². The lowest BCUT2D eigenvalue weighted by Crippen LogP contribution is -2.56. The molecular formula is C38H44ClN3O4S. The van der Waals surface area contributed by atoms with Gasteiger partial charge in [0.1, 0.15) is 12.6 Å². The Morgan fingerprint density at radius 2 is 1.40 bits per heavy atom. The van der Waals surface area contributed by atoms with E-state index in [0.717, 1.165) is 26.6 Å². The van der Waals surface area contributed by atoms with Crippen LogP contribution in [0.4, 0.5) is 5.69 Å². The number of sulfonamides is 1. The molecule has 9 heteroatoms. The van der Waals surface area contributed by atoms with E-state index in [-0.39, 0.29) is 29.7 Å². The third-order valence-corrected chi connectivity index (χ3v) is 9.81. The molecule has 1 N–H and O–H groups in total. The Morgan fingerprint density at radius 3 is 1.96 bits per heavy atom. The van der Waals surface area contributed by atoms with E-state index in [2.05, 4.69) is 19.2 Å². The highest BCUT2D eigenvalue weighted by Gasteiger charge is 2.35. The van der Waals surface area contributed by atoms with Crippen LogP contribution < -0.4 is 9.62 Å². The number of hydrogen-bond donors (Lipinski definition) is 1. The van der Waals surface area contributed by atoms with E-state index in [0.29, 0.717) is 10.7 Å². The molecule has 248 valence electrons. The molecule has 4 aromatic carbocycles. The Hall–Kier alpha value is -4.14. The van der Waals surface area contributed by atoms with Crippen molar-refractivity contribution in [2.24, 2.45) is 0 Å². The lowest BCUT2D eigenvalue weighted by Gasteiger charge is -2.35. The number of halogens is 1. The van der Waals surface area contributed by atoms with Gasteiger partial charge in [0.25, 0.3) is 10.0 Å². The van der Waals surface area contributed by atoms with Gasteiger partial charge < -0.3 is 10.2 Å². The minimum atomic E-state index is -4.18. The zero-order chi connectivity index (χ0) is 34.4. The fourth-order valence-corrected chi connectivity index (χ4v) is 6.73. The van der Waals surface area contributed by atoms with Gasteiger partial charge in [-0.3, -0.25) is 13.9 Å². The number of nitrogens with one attached hydrogen (secondary N) is 1. The molecule has 1 atom stereocenters. The summed E-state index contributed by atoms with van der Waals surface area (Å²) in [6.07, 6.45) is 0.232. The summed E-state index contributed by atoms with van der Waals surface area (Å²) in [6.45, 7) is 11.2. The Kier molecular flexibility index (Phi) is 11.5. The third kappa shape index (κ3) is 9.69. The van der Waals surface area contributed by atoms with Crippen molar-refractivity contribution in [1.29, 1.82) is 0 Å². The number of anilines is 1. The minimum absolute atomic E-state index is 0.0652. The van der Waals surface area contributed by atoms with Crippen LogP contribution in [0, 0.1) is 6.92 Å². The molecule has 0 spiro atoms. The van der Waals surface area contributed by atoms with E-state index < -0.39 is 34.1 Å². The van der Waals surface area contributed by atoms with Crippen molar-refractivity contribution in [3.63, 3.8) is 0 Å². The van der Waals surface area contributed by atoms with Crippen LogP contribution in [0.15, 0.2) is 108 Å². The average molecular weight is 674 g/mol. The van der Waals surface area contributed by atoms with Crippen LogP contribution in [0.1, 0.15) is 62.8 Å². The third-order valence-electron chi connectivity index (χ3n) is 7.77. The molecule has 0 saturated heterocycles. The van der Waals surface area contributed by atoms with Gasteiger partial charge in [-0.05, 0) is 86.7 Å². The molecular weight excluding hydrogens is 630 g/mol. The van der Waals surface area contributed by atoms with Crippen molar-refractivity contribution < 1.29 is 18.0 Å². The van der Waals surface area contributed by atoms with Gasteiger partial charge in [-0.15, -0.1) is 0 Å². The van der Waals surface area contributed by atoms with Crippen molar-refractivity contribution >= 4 is 39.1 Å². The second kappa shape index (κ2) is 15.2. The summed E-state index contributed by atoms with van der Waals surface area (Å²) in [4.78, 5) is 30.2. The second-order valence-corrected chi connectivity index (χ2v) is 15.5. The number of aryl methyl sites for hydroxylation is 1. The van der Waals surface area contributed by atoms with Crippen LogP contribution >= 0.6 is 11.6 Å². The summed E-state index contributed by atoms with van der Waals surface area (Å²) < 4.78 is 29.7. The molecule has 0 fully saturated rings. The van der Waals surface area contributed by atoms with E-state index in [1.807, 2.05) is 70.2 Å². The van der Waals surface area contributed by atoms with Gasteiger partial charge in [0, 0.05) is 23.5 Å². The Labute approximate surface area is 284 Å². The Bertz CT molecular complexity index is 1750. The van der Waals surface area contributed by atoms with Crippen LogP contribution in [0.5, 0.6) is 0 Å². The van der Waals surface area contributed by atoms with E-state index in [1.54, 1.807) is 60.7 Å². The zero-order valence-electron chi connectivity index (χ0n) is 27.9. The maximum atomic E-state index is 14.6. The highest BCUT2D eigenvalue weighted by molar-refractivity contribution is 7.92. The normalized spacial score (nSPS) is 12.4. The van der Waals surface area contributed by atoms with Gasteiger partial charge >= 0.3 is 0 Å². The molecule has 0 aliphatic carbocycles. The second-order valence-electron chi connectivity index (χ2n) is 13.2. The van der Waals surface area contributed by atoms with E-state index in [4.69, 9.17) is 11.6 Å². The molecule has 2 amide bonds. The topological polar surface area (TPSA) is 86.8 Å². The number of benzene rings is 4. The smallest absolute Gasteiger partial charge is 0.264 e. The summed E-state index contributed by atoms with van der Waals surface area (Å²) in [5.41, 5.74) is 3.35. The van der Waals surface area contributed by atoms with Crippen LogP contribution in [0.3, 0.4) is 0 Å². The van der Waals surface area contributed by atoms with Gasteiger partial charge in [-0.2, -0.15) is 0 Å². The van der Waals surface area contributed by atoms with Crippen molar-refractivity contribution in [2.45, 2.75) is 76.9 Å². The van der Waals surface area contributed by atoms with Crippen molar-refractivity contribution in [3.8, 4) is 0 Å². The lowest BCUT2D eigenvalue weighted by atomic mass is 10.0. The molecule has 0 aromatic heterocycles. The van der Waals surface area contributed by atoms with Crippen molar-refractivity contribution in [2.75, 3.05) is 10.8 Å². The molecule has 7 nitrogen and oxygen atoms in total. The number of carbonyl (C=O) groups is 2. The summed E-state index contributed by atoms with van der Waals surface area (Å²) in [5.74, 6) is -0.616. The first kappa shape index (κ1) is 35.7. The lowest BCUT2D eigenvalue weighted by molar-refractivity contribution is -0.140. The van der Waals surface area contributed by atoms with Crippen molar-refractivity contribution in [1.82, 2.24) is 10.2 Å². The molecule has 0 aliphatic rings. The molecule has 47 heavy (non-hydrogen) atoms. The molecule has 0 saturated carbocycles. The first-order valence-corrected chi connectivity index (χ1v) is 17.5. The van der Waals surface area contributed by atoms with Gasteiger partial charge in [0.15, 0.2) is 0 Å². The standard InChI is InChI=1S/C38H44ClN3O4S/c1-27(2)31-16-20-33(21-17-31)42(47(45,46)34-22-12-28(3)13-23-34)26-36(43)41(25-30-14-18-32(39)19-15-30)35(37(44)40-38(4,5)6)24-29-10-8-7-9-11-29/h7-23,27,35H,24-26H2,1-6H3,(H,40,44)/t35-/m1/s1. The molecule has 0 aliphatic heterocycles. The molecule has 4 rings (SSSR count). The fourth-order valence-electron chi connectivity index (χ4n) is 5.19. The van der Waals surface area contributed by atoms with Crippen LogP contribution in [0.2, 0.25) is 5.02 Å².